The van der Waals surface area contributed by atoms with Crippen LogP contribution in [-0.2, 0) is 14.9 Å². The van der Waals surface area contributed by atoms with Crippen molar-refractivity contribution in [1.29, 1.82) is 0 Å². The molecule has 0 spiro atoms. The van der Waals surface area contributed by atoms with Gasteiger partial charge in [0.15, 0.2) is 0 Å². The Kier molecular flexibility index (Phi) is 16.3. The molecule has 0 fully saturated rings. The van der Waals surface area contributed by atoms with Crippen LogP contribution < -0.4 is 0 Å². The quantitative estimate of drug-likeness (QED) is 0.277. The molecule has 0 aliphatic carbocycles. The summed E-state index contributed by atoms with van der Waals surface area (Å²) in [5.41, 5.74) is -0.289. The van der Waals surface area contributed by atoms with Crippen LogP contribution in [0.15, 0.2) is 0 Å². The summed E-state index contributed by atoms with van der Waals surface area (Å²) in [5, 5.41) is 0. The van der Waals surface area contributed by atoms with Crippen molar-refractivity contribution in [3.05, 3.63) is 0 Å². The Morgan fingerprint density at radius 3 is 1.75 bits per heavy atom. The van der Waals surface area contributed by atoms with E-state index in [1.54, 1.807) is 0 Å². The van der Waals surface area contributed by atoms with Gasteiger partial charge in [-0.05, 0) is 33.6 Å². The van der Waals surface area contributed by atoms with Crippen LogP contribution in [0.4, 0.5) is 0 Å². The van der Waals surface area contributed by atoms with Gasteiger partial charge < -0.3 is 4.74 Å². The second-order valence-corrected chi connectivity index (χ2v) is 9.12. The Bertz CT molecular complexity index is 377. The van der Waals surface area contributed by atoms with Crippen molar-refractivity contribution in [3.63, 3.8) is 0 Å². The summed E-state index contributed by atoms with van der Waals surface area (Å²) in [7, 11) is -3.91. The Morgan fingerprint density at radius 2 is 1.33 bits per heavy atom. The van der Waals surface area contributed by atoms with Crippen molar-refractivity contribution >= 4 is 29.0 Å². The van der Waals surface area contributed by atoms with Crippen molar-refractivity contribution in [3.8, 4) is 0 Å². The van der Waals surface area contributed by atoms with Crippen LogP contribution in [0, 0.1) is 0 Å². The summed E-state index contributed by atoms with van der Waals surface area (Å²) < 4.78 is 36.7. The standard InChI is InChI=1S/C18H38O4S.Li.H/c1-5-6-7-8-9-10-11-12-13-14-17(22-18(2,3)4)15-16-23(19,20)21;;/h17H,5-16H2,1-4H3,(H,19,20,21);;. The summed E-state index contributed by atoms with van der Waals surface area (Å²) >= 11 is 0. The third-order valence-corrected chi connectivity index (χ3v) is 4.60. The molecule has 0 aromatic heterocycles. The van der Waals surface area contributed by atoms with Crippen LogP contribution in [0.3, 0.4) is 0 Å². The molecule has 0 saturated carbocycles. The summed E-state index contributed by atoms with van der Waals surface area (Å²) in [6.07, 6.45) is 12.6. The van der Waals surface area contributed by atoms with E-state index in [1.807, 2.05) is 20.8 Å². The minimum absolute atomic E-state index is 0. The van der Waals surface area contributed by atoms with E-state index < -0.39 is 10.1 Å². The molecule has 0 radical (unpaired) electrons. The van der Waals surface area contributed by atoms with E-state index in [9.17, 15) is 8.42 Å². The second-order valence-electron chi connectivity index (χ2n) is 7.54. The Labute approximate surface area is 162 Å². The predicted molar refractivity (Wildman–Crippen MR) is 105 cm³/mol. The van der Waals surface area contributed by atoms with Crippen molar-refractivity contribution < 1.29 is 17.7 Å². The fraction of sp³-hybridized carbons (Fsp3) is 1.00. The van der Waals surface area contributed by atoms with Crippen LogP contribution in [0.25, 0.3) is 0 Å². The number of ether oxygens (including phenoxy) is 1. The van der Waals surface area contributed by atoms with Crippen LogP contribution in [-0.4, -0.2) is 49.3 Å². The molecule has 4 nitrogen and oxygen atoms in total. The molecule has 0 bridgehead atoms. The van der Waals surface area contributed by atoms with Gasteiger partial charge in [-0.1, -0.05) is 64.7 Å². The first-order valence-electron chi connectivity index (χ1n) is 9.27. The summed E-state index contributed by atoms with van der Waals surface area (Å²) in [4.78, 5) is 0. The van der Waals surface area contributed by atoms with Gasteiger partial charge in [0.05, 0.1) is 17.5 Å². The van der Waals surface area contributed by atoms with E-state index >= 15 is 0 Å². The summed E-state index contributed by atoms with van der Waals surface area (Å²) in [6, 6.07) is 0. The zero-order valence-corrected chi connectivity index (χ0v) is 16.5. The molecule has 0 amide bonds. The molecule has 0 aromatic rings. The fourth-order valence-electron chi connectivity index (χ4n) is 2.73. The molecular formula is C18H39LiO4S. The average molecular weight is 359 g/mol. The topological polar surface area (TPSA) is 63.6 Å². The van der Waals surface area contributed by atoms with Crippen molar-refractivity contribution in [2.75, 3.05) is 5.75 Å². The fourth-order valence-corrected chi connectivity index (χ4v) is 3.29. The van der Waals surface area contributed by atoms with Crippen molar-refractivity contribution in [1.82, 2.24) is 0 Å². The van der Waals surface area contributed by atoms with Crippen LogP contribution in [0.5, 0.6) is 0 Å². The van der Waals surface area contributed by atoms with Crippen molar-refractivity contribution in [2.45, 2.75) is 110 Å². The molecule has 0 rings (SSSR count). The molecule has 1 atom stereocenters. The first-order valence-corrected chi connectivity index (χ1v) is 10.9. The van der Waals surface area contributed by atoms with E-state index in [0.29, 0.717) is 6.42 Å². The van der Waals surface area contributed by atoms with Gasteiger partial charge in [0.2, 0.25) is 0 Å². The van der Waals surface area contributed by atoms with Gasteiger partial charge in [0.25, 0.3) is 10.1 Å². The van der Waals surface area contributed by atoms with Crippen LogP contribution in [0.1, 0.15) is 98.3 Å². The monoisotopic (exact) mass is 358 g/mol. The van der Waals surface area contributed by atoms with E-state index in [2.05, 4.69) is 6.92 Å². The molecule has 142 valence electrons. The molecule has 0 aromatic carbocycles. The number of unbranched alkanes of at least 4 members (excludes halogenated alkanes) is 8. The second kappa shape index (κ2) is 14.6. The first-order chi connectivity index (χ1) is 10.6. The zero-order chi connectivity index (χ0) is 17.8. The van der Waals surface area contributed by atoms with Gasteiger partial charge in [0.1, 0.15) is 0 Å². The first kappa shape index (κ1) is 26.7. The number of hydrogen-bond acceptors (Lipinski definition) is 3. The summed E-state index contributed by atoms with van der Waals surface area (Å²) in [5.74, 6) is -0.217. The minimum atomic E-state index is -3.91. The van der Waals surface area contributed by atoms with Crippen LogP contribution in [0.2, 0.25) is 0 Å². The third-order valence-electron chi connectivity index (χ3n) is 3.85. The van der Waals surface area contributed by atoms with Gasteiger partial charge in [-0.2, -0.15) is 8.42 Å². The Hall–Kier alpha value is 0.467. The Balaban J connectivity index is 0. The average Bonchev–Trinajstić information content (AvgIpc) is 2.40. The van der Waals surface area contributed by atoms with Gasteiger partial charge in [-0.3, -0.25) is 4.55 Å². The number of rotatable bonds is 14. The molecule has 0 saturated heterocycles. The van der Waals surface area contributed by atoms with E-state index in [0.717, 1.165) is 12.8 Å². The van der Waals surface area contributed by atoms with Gasteiger partial charge in [0, 0.05) is 0 Å². The SMILES string of the molecule is CCCCCCCCCCCC(CCS(=O)(=O)O)OC(C)(C)C.[LiH]. The molecule has 24 heavy (non-hydrogen) atoms. The predicted octanol–water partition coefficient (Wildman–Crippen LogP) is 4.72. The van der Waals surface area contributed by atoms with Gasteiger partial charge >= 0.3 is 18.9 Å². The number of hydrogen-bond donors (Lipinski definition) is 1. The van der Waals surface area contributed by atoms with Crippen molar-refractivity contribution in [2.24, 2.45) is 0 Å². The molecular weight excluding hydrogens is 319 g/mol. The maximum atomic E-state index is 10.9. The van der Waals surface area contributed by atoms with E-state index in [-0.39, 0.29) is 36.3 Å². The molecule has 1 unspecified atom stereocenters. The third kappa shape index (κ3) is 20.5. The summed E-state index contributed by atoms with van der Waals surface area (Å²) in [6.45, 7) is 8.16. The maximum absolute atomic E-state index is 10.9. The molecule has 1 N–H and O–H groups in total. The van der Waals surface area contributed by atoms with Gasteiger partial charge in [-0.15, -0.1) is 0 Å². The normalized spacial score (nSPS) is 13.5. The molecule has 0 heterocycles. The van der Waals surface area contributed by atoms with Crippen LogP contribution >= 0.6 is 0 Å². The molecule has 0 aliphatic rings. The molecule has 6 heteroatoms. The zero-order valence-electron chi connectivity index (χ0n) is 15.6. The van der Waals surface area contributed by atoms with Gasteiger partial charge in [-0.25, -0.2) is 0 Å². The van der Waals surface area contributed by atoms with E-state index in [4.69, 9.17) is 9.29 Å². The van der Waals surface area contributed by atoms with E-state index in [1.165, 1.54) is 51.4 Å². The Morgan fingerprint density at radius 1 is 0.875 bits per heavy atom. The molecule has 0 aliphatic heterocycles.